The summed E-state index contributed by atoms with van der Waals surface area (Å²) in [6.07, 6.45) is 5.01. The smallest absolute Gasteiger partial charge is 0.250 e. The van der Waals surface area contributed by atoms with E-state index in [-0.39, 0.29) is 24.3 Å². The van der Waals surface area contributed by atoms with E-state index in [1.807, 2.05) is 53.4 Å². The molecule has 1 fully saturated rings. The second-order valence-electron chi connectivity index (χ2n) is 8.55. The average molecular weight is 450 g/mol. The molecule has 5 rings (SSSR count). The number of hydrogen-bond donors (Lipinski definition) is 0. The number of carbonyl (C=O) groups is 3. The molecule has 0 unspecified atom stereocenters. The third-order valence-corrected chi connectivity index (χ3v) is 7.75. The third-order valence-electron chi connectivity index (χ3n) is 6.51. The quantitative estimate of drug-likeness (QED) is 0.673. The number of anilines is 2. The van der Waals surface area contributed by atoms with Crippen molar-refractivity contribution in [3.05, 3.63) is 54.1 Å². The van der Waals surface area contributed by atoms with E-state index in [1.54, 1.807) is 4.90 Å². The molecular formula is C25H27N3O3S. The van der Waals surface area contributed by atoms with Crippen LogP contribution in [-0.2, 0) is 20.8 Å². The van der Waals surface area contributed by atoms with E-state index in [0.717, 1.165) is 48.3 Å². The number of likely N-dealkylation sites (tertiary alicyclic amines) is 1. The zero-order chi connectivity index (χ0) is 22.1. The summed E-state index contributed by atoms with van der Waals surface area (Å²) in [5.41, 5.74) is 2.78. The summed E-state index contributed by atoms with van der Waals surface area (Å²) in [7, 11) is 0. The molecule has 0 N–H and O–H groups in total. The average Bonchev–Trinajstić information content (AvgIpc) is 3.06. The van der Waals surface area contributed by atoms with Crippen LogP contribution in [0.5, 0.6) is 0 Å². The van der Waals surface area contributed by atoms with E-state index in [9.17, 15) is 14.4 Å². The second-order valence-corrected chi connectivity index (χ2v) is 9.70. The molecule has 3 heterocycles. The van der Waals surface area contributed by atoms with Crippen LogP contribution in [0.4, 0.5) is 11.4 Å². The summed E-state index contributed by atoms with van der Waals surface area (Å²) < 4.78 is 0. The maximum absolute atomic E-state index is 13.5. The predicted octanol–water partition coefficient (Wildman–Crippen LogP) is 3.49. The van der Waals surface area contributed by atoms with E-state index >= 15 is 0 Å². The summed E-state index contributed by atoms with van der Waals surface area (Å²) in [4.78, 5) is 46.2. The van der Waals surface area contributed by atoms with E-state index in [1.165, 1.54) is 16.7 Å². The highest BCUT2D eigenvalue weighted by atomic mass is 32.2. The number of thioether (sulfide) groups is 1. The topological polar surface area (TPSA) is 60.9 Å². The van der Waals surface area contributed by atoms with E-state index in [4.69, 9.17) is 0 Å². The Morgan fingerprint density at radius 3 is 2.34 bits per heavy atom. The van der Waals surface area contributed by atoms with E-state index < -0.39 is 5.25 Å². The van der Waals surface area contributed by atoms with Crippen molar-refractivity contribution in [3.63, 3.8) is 0 Å². The van der Waals surface area contributed by atoms with Crippen molar-refractivity contribution in [3.8, 4) is 0 Å². The van der Waals surface area contributed by atoms with Gasteiger partial charge >= 0.3 is 0 Å². The first-order valence-electron chi connectivity index (χ1n) is 11.4. The van der Waals surface area contributed by atoms with Crippen LogP contribution in [0.3, 0.4) is 0 Å². The number of rotatable bonds is 3. The molecule has 3 amide bonds. The van der Waals surface area contributed by atoms with Crippen molar-refractivity contribution in [1.82, 2.24) is 4.90 Å². The van der Waals surface area contributed by atoms with Crippen molar-refractivity contribution in [2.45, 2.75) is 42.2 Å². The molecule has 3 aliphatic heterocycles. The Morgan fingerprint density at radius 1 is 0.875 bits per heavy atom. The fourth-order valence-corrected chi connectivity index (χ4v) is 6.00. The SMILES string of the molecule is O=C([C@@H]1Sc2ccccc2N(CC(=O)N2CCc3ccccc32)C1=O)N1CCCCCC1. The van der Waals surface area contributed by atoms with Gasteiger partial charge in [0.05, 0.1) is 5.69 Å². The normalized spacial score (nSPS) is 20.6. The van der Waals surface area contributed by atoms with Crippen molar-refractivity contribution in [2.24, 2.45) is 0 Å². The Labute approximate surface area is 192 Å². The van der Waals surface area contributed by atoms with Gasteiger partial charge in [-0.1, -0.05) is 43.2 Å². The van der Waals surface area contributed by atoms with Crippen LogP contribution in [0, 0.1) is 0 Å². The lowest BCUT2D eigenvalue weighted by molar-refractivity contribution is -0.135. The number of carbonyl (C=O) groups excluding carboxylic acids is 3. The van der Waals surface area contributed by atoms with Gasteiger partial charge in [0.1, 0.15) is 6.54 Å². The maximum Gasteiger partial charge on any atom is 0.250 e. The van der Waals surface area contributed by atoms with E-state index in [2.05, 4.69) is 0 Å². The van der Waals surface area contributed by atoms with Gasteiger partial charge in [0.25, 0.3) is 5.91 Å². The van der Waals surface area contributed by atoms with Crippen molar-refractivity contribution in [1.29, 1.82) is 0 Å². The van der Waals surface area contributed by atoms with Crippen LogP contribution in [0.15, 0.2) is 53.4 Å². The van der Waals surface area contributed by atoms with Crippen molar-refractivity contribution in [2.75, 3.05) is 36.0 Å². The lowest BCUT2D eigenvalue weighted by Gasteiger charge is -2.35. The number of nitrogens with zero attached hydrogens (tertiary/aromatic N) is 3. The van der Waals surface area contributed by atoms with Crippen LogP contribution < -0.4 is 9.80 Å². The second kappa shape index (κ2) is 8.98. The standard InChI is InChI=1S/C25H27N3O3S/c29-22(27-16-13-18-9-3-4-10-19(18)27)17-28-20-11-5-6-12-21(20)32-23(25(28)31)24(30)26-14-7-1-2-8-15-26/h3-6,9-12,23H,1-2,7-8,13-17H2/t23-/m0/s1. The van der Waals surface area contributed by atoms with Crippen molar-refractivity contribution < 1.29 is 14.4 Å². The summed E-state index contributed by atoms with van der Waals surface area (Å²) >= 11 is 1.32. The van der Waals surface area contributed by atoms with Crippen LogP contribution >= 0.6 is 11.8 Å². The monoisotopic (exact) mass is 449 g/mol. The molecule has 0 aromatic heterocycles. The minimum atomic E-state index is -0.832. The molecule has 0 saturated carbocycles. The first-order valence-corrected chi connectivity index (χ1v) is 12.3. The Morgan fingerprint density at radius 2 is 1.56 bits per heavy atom. The number of fused-ring (bicyclic) bond motifs is 2. The van der Waals surface area contributed by atoms with Crippen LogP contribution in [0.1, 0.15) is 31.2 Å². The van der Waals surface area contributed by atoms with Gasteiger partial charge in [-0.3, -0.25) is 14.4 Å². The van der Waals surface area contributed by atoms with Crippen LogP contribution in [0.25, 0.3) is 0 Å². The highest BCUT2D eigenvalue weighted by molar-refractivity contribution is 8.01. The minimum Gasteiger partial charge on any atom is -0.341 e. The predicted molar refractivity (Wildman–Crippen MR) is 126 cm³/mol. The zero-order valence-corrected chi connectivity index (χ0v) is 18.9. The van der Waals surface area contributed by atoms with Crippen molar-refractivity contribution >= 4 is 40.9 Å². The highest BCUT2D eigenvalue weighted by Crippen LogP contribution is 2.40. The molecule has 2 aromatic rings. The third kappa shape index (κ3) is 3.90. The minimum absolute atomic E-state index is 0.0610. The molecular weight excluding hydrogens is 422 g/mol. The van der Waals surface area contributed by atoms with Gasteiger partial charge in [0.2, 0.25) is 11.8 Å². The first-order chi connectivity index (χ1) is 15.6. The molecule has 0 spiro atoms. The van der Waals surface area contributed by atoms with Gasteiger partial charge < -0.3 is 14.7 Å². The molecule has 1 saturated heterocycles. The van der Waals surface area contributed by atoms with Gasteiger partial charge in [-0.15, -0.1) is 11.8 Å². The summed E-state index contributed by atoms with van der Waals surface area (Å²) in [5, 5.41) is -0.832. The molecule has 0 bridgehead atoms. The number of amides is 3. The van der Waals surface area contributed by atoms with Gasteiger partial charge in [-0.05, 0) is 43.0 Å². The molecule has 3 aliphatic rings. The highest BCUT2D eigenvalue weighted by Gasteiger charge is 2.41. The molecule has 166 valence electrons. The number of hydrogen-bond acceptors (Lipinski definition) is 4. The summed E-state index contributed by atoms with van der Waals surface area (Å²) in [6.45, 7) is 1.96. The maximum atomic E-state index is 13.5. The Bertz CT molecular complexity index is 1050. The molecule has 7 heteroatoms. The van der Waals surface area contributed by atoms with Gasteiger partial charge in [-0.25, -0.2) is 0 Å². The van der Waals surface area contributed by atoms with Crippen LogP contribution in [-0.4, -0.2) is 54.1 Å². The zero-order valence-electron chi connectivity index (χ0n) is 18.0. The number of para-hydroxylation sites is 2. The Hall–Kier alpha value is -2.80. The number of benzene rings is 2. The fourth-order valence-electron chi connectivity index (χ4n) is 4.81. The Kier molecular flexibility index (Phi) is 5.91. The van der Waals surface area contributed by atoms with E-state index in [0.29, 0.717) is 25.3 Å². The van der Waals surface area contributed by atoms with Gasteiger partial charge in [-0.2, -0.15) is 0 Å². The molecule has 32 heavy (non-hydrogen) atoms. The van der Waals surface area contributed by atoms with Gasteiger partial charge in [0, 0.05) is 30.2 Å². The summed E-state index contributed by atoms with van der Waals surface area (Å²) in [5.74, 6) is -0.532. The molecule has 0 radical (unpaired) electrons. The Balaban J connectivity index is 1.40. The molecule has 6 nitrogen and oxygen atoms in total. The molecule has 2 aromatic carbocycles. The first kappa shape index (κ1) is 21.1. The summed E-state index contributed by atoms with van der Waals surface area (Å²) in [6, 6.07) is 15.5. The molecule has 1 atom stereocenters. The van der Waals surface area contributed by atoms with Crippen LogP contribution in [0.2, 0.25) is 0 Å². The fraction of sp³-hybridized carbons (Fsp3) is 0.400. The van der Waals surface area contributed by atoms with Gasteiger partial charge in [0.15, 0.2) is 5.25 Å². The lowest BCUT2D eigenvalue weighted by atomic mass is 10.2. The lowest BCUT2D eigenvalue weighted by Crippen LogP contribution is -2.52. The molecule has 0 aliphatic carbocycles. The largest absolute Gasteiger partial charge is 0.341 e.